The van der Waals surface area contributed by atoms with Crippen LogP contribution in [0.25, 0.3) is 0 Å². The summed E-state index contributed by atoms with van der Waals surface area (Å²) < 4.78 is 0. The van der Waals surface area contributed by atoms with Gasteiger partial charge in [-0.15, -0.1) is 0 Å². The maximum absolute atomic E-state index is 9.11. The van der Waals surface area contributed by atoms with E-state index < -0.39 is 0 Å². The van der Waals surface area contributed by atoms with E-state index in [2.05, 4.69) is 10.3 Å². The van der Waals surface area contributed by atoms with Gasteiger partial charge < -0.3 is 16.2 Å². The minimum Gasteiger partial charge on any atom is -0.396 e. The smallest absolute Gasteiger partial charge is 0.151 e. The summed E-state index contributed by atoms with van der Waals surface area (Å²) in [6, 6.07) is 3.34. The zero-order valence-electron chi connectivity index (χ0n) is 7.63. The fourth-order valence-electron chi connectivity index (χ4n) is 1.27. The van der Waals surface area contributed by atoms with Gasteiger partial charge in [-0.3, -0.25) is 0 Å². The maximum Gasteiger partial charge on any atom is 0.151 e. The number of pyridine rings is 1. The number of hydrogen-bond donors (Lipinski definition) is 3. The molecular formula is C9H12ClN3O. The topological polar surface area (TPSA) is 71.2 Å². The van der Waals surface area contributed by atoms with Crippen LogP contribution in [-0.4, -0.2) is 22.2 Å². The van der Waals surface area contributed by atoms with Crippen molar-refractivity contribution in [1.29, 1.82) is 0 Å². The molecule has 1 heterocycles. The largest absolute Gasteiger partial charge is 0.396 e. The van der Waals surface area contributed by atoms with E-state index in [1.165, 1.54) is 0 Å². The summed E-state index contributed by atoms with van der Waals surface area (Å²) >= 11 is 5.74. The van der Waals surface area contributed by atoms with Crippen molar-refractivity contribution in [3.8, 4) is 0 Å². The lowest BCUT2D eigenvalue weighted by Gasteiger charge is -2.16. The van der Waals surface area contributed by atoms with Gasteiger partial charge in [-0.05, 0) is 25.0 Å². The Kier molecular flexibility index (Phi) is 2.25. The predicted molar refractivity (Wildman–Crippen MR) is 56.3 cm³/mol. The molecule has 14 heavy (non-hydrogen) atoms. The van der Waals surface area contributed by atoms with Crippen LogP contribution in [0.5, 0.6) is 0 Å². The van der Waals surface area contributed by atoms with E-state index in [4.69, 9.17) is 22.4 Å². The van der Waals surface area contributed by atoms with Crippen LogP contribution in [0.1, 0.15) is 12.8 Å². The first-order valence-corrected chi connectivity index (χ1v) is 4.84. The number of nitrogens with zero attached hydrogens (tertiary/aromatic N) is 1. The molecule has 76 valence electrons. The number of rotatable bonds is 3. The maximum atomic E-state index is 9.11. The van der Waals surface area contributed by atoms with Crippen LogP contribution in [0.2, 0.25) is 5.15 Å². The van der Waals surface area contributed by atoms with Crippen molar-refractivity contribution < 1.29 is 5.11 Å². The molecule has 4 N–H and O–H groups in total. The van der Waals surface area contributed by atoms with Gasteiger partial charge in [-0.2, -0.15) is 0 Å². The van der Waals surface area contributed by atoms with Gasteiger partial charge in [0.25, 0.3) is 0 Å². The normalized spacial score (nSPS) is 17.9. The number of halogens is 1. The lowest BCUT2D eigenvalue weighted by Crippen LogP contribution is -2.26. The molecule has 1 aromatic rings. The van der Waals surface area contributed by atoms with E-state index in [1.54, 1.807) is 12.1 Å². The summed E-state index contributed by atoms with van der Waals surface area (Å²) in [7, 11) is 0. The summed E-state index contributed by atoms with van der Waals surface area (Å²) in [5.74, 6) is 0.559. The van der Waals surface area contributed by atoms with Crippen molar-refractivity contribution in [3.05, 3.63) is 17.3 Å². The number of nitrogen functional groups attached to an aromatic ring is 1. The highest BCUT2D eigenvalue weighted by Crippen LogP contribution is 2.39. The highest BCUT2D eigenvalue weighted by molar-refractivity contribution is 6.29. The SMILES string of the molecule is Nc1ccc(Cl)nc1NC1(CO)CC1. The number of hydrogen-bond acceptors (Lipinski definition) is 4. The third kappa shape index (κ3) is 1.76. The molecule has 0 unspecified atom stereocenters. The molecule has 0 bridgehead atoms. The molecule has 1 aliphatic rings. The molecule has 5 heteroatoms. The molecule has 1 aliphatic carbocycles. The molecule has 1 aromatic heterocycles. The minimum absolute atomic E-state index is 0.0979. The van der Waals surface area contributed by atoms with Gasteiger partial charge in [0.2, 0.25) is 0 Å². The van der Waals surface area contributed by atoms with E-state index in [1.807, 2.05) is 0 Å². The molecule has 0 atom stereocenters. The van der Waals surface area contributed by atoms with E-state index in [9.17, 15) is 0 Å². The molecule has 1 saturated carbocycles. The van der Waals surface area contributed by atoms with Gasteiger partial charge in [-0.25, -0.2) is 4.98 Å². The second-order valence-corrected chi connectivity index (χ2v) is 4.02. The van der Waals surface area contributed by atoms with E-state index in [-0.39, 0.29) is 12.1 Å². The minimum atomic E-state index is -0.216. The fourth-order valence-corrected chi connectivity index (χ4v) is 1.42. The first-order valence-electron chi connectivity index (χ1n) is 4.46. The Hall–Kier alpha value is -1.00. The number of anilines is 2. The van der Waals surface area contributed by atoms with Crippen LogP contribution < -0.4 is 11.1 Å². The number of aromatic nitrogens is 1. The lowest BCUT2D eigenvalue weighted by molar-refractivity contribution is 0.266. The van der Waals surface area contributed by atoms with Crippen LogP contribution in [0.4, 0.5) is 11.5 Å². The summed E-state index contributed by atoms with van der Waals surface area (Å²) in [6.45, 7) is 0.0979. The molecule has 0 spiro atoms. The first kappa shape index (κ1) is 9.55. The average Bonchev–Trinajstić information content (AvgIpc) is 2.92. The number of nitrogens with one attached hydrogen (secondary N) is 1. The van der Waals surface area contributed by atoms with Gasteiger partial charge in [0, 0.05) is 0 Å². The summed E-state index contributed by atoms with van der Waals surface area (Å²) in [6.07, 6.45) is 1.88. The molecule has 0 radical (unpaired) electrons. The zero-order valence-corrected chi connectivity index (χ0v) is 8.38. The summed E-state index contributed by atoms with van der Waals surface area (Å²) in [4.78, 5) is 4.06. The molecule has 0 amide bonds. The Balaban J connectivity index is 2.20. The van der Waals surface area contributed by atoms with Crippen molar-refractivity contribution in [2.45, 2.75) is 18.4 Å². The van der Waals surface area contributed by atoms with Crippen molar-refractivity contribution in [2.75, 3.05) is 17.7 Å². The van der Waals surface area contributed by atoms with Crippen molar-refractivity contribution >= 4 is 23.1 Å². The van der Waals surface area contributed by atoms with Gasteiger partial charge in [0.1, 0.15) is 5.15 Å². The second kappa shape index (κ2) is 3.29. The molecule has 1 fully saturated rings. The standard InChI is InChI=1S/C9H12ClN3O/c10-7-2-1-6(11)8(12-7)13-9(5-14)3-4-9/h1-2,14H,3-5,11H2,(H,12,13). The van der Waals surface area contributed by atoms with Crippen LogP contribution in [0.3, 0.4) is 0 Å². The Bertz CT molecular complexity index is 352. The number of aliphatic hydroxyl groups excluding tert-OH is 1. The molecule has 0 aromatic carbocycles. The fraction of sp³-hybridized carbons (Fsp3) is 0.444. The Morgan fingerprint density at radius 2 is 2.29 bits per heavy atom. The van der Waals surface area contributed by atoms with E-state index >= 15 is 0 Å². The van der Waals surface area contributed by atoms with E-state index in [0.29, 0.717) is 16.7 Å². The summed E-state index contributed by atoms with van der Waals surface area (Å²) in [5.41, 5.74) is 6.05. The highest BCUT2D eigenvalue weighted by Gasteiger charge is 2.42. The zero-order chi connectivity index (χ0) is 10.2. The van der Waals surface area contributed by atoms with Crippen LogP contribution >= 0.6 is 11.6 Å². The van der Waals surface area contributed by atoms with Gasteiger partial charge >= 0.3 is 0 Å². The van der Waals surface area contributed by atoms with Crippen LogP contribution in [0, 0.1) is 0 Å². The van der Waals surface area contributed by atoms with Gasteiger partial charge in [-0.1, -0.05) is 11.6 Å². The third-order valence-electron chi connectivity index (χ3n) is 2.43. The second-order valence-electron chi connectivity index (χ2n) is 3.64. The van der Waals surface area contributed by atoms with Gasteiger partial charge in [0.05, 0.1) is 17.8 Å². The number of nitrogens with two attached hydrogens (primary N) is 1. The molecule has 0 saturated heterocycles. The van der Waals surface area contributed by atoms with Crippen LogP contribution in [0.15, 0.2) is 12.1 Å². The molecular weight excluding hydrogens is 202 g/mol. The van der Waals surface area contributed by atoms with Gasteiger partial charge in [0.15, 0.2) is 5.82 Å². The Morgan fingerprint density at radius 3 is 2.86 bits per heavy atom. The number of aliphatic hydroxyl groups is 1. The lowest BCUT2D eigenvalue weighted by atomic mass is 10.3. The third-order valence-corrected chi connectivity index (χ3v) is 2.64. The predicted octanol–water partition coefficient (Wildman–Crippen LogP) is 1.25. The average molecular weight is 214 g/mol. The molecule has 0 aliphatic heterocycles. The Morgan fingerprint density at radius 1 is 1.57 bits per heavy atom. The Labute approximate surface area is 87.1 Å². The van der Waals surface area contributed by atoms with Crippen LogP contribution in [-0.2, 0) is 0 Å². The molecule has 4 nitrogen and oxygen atoms in total. The summed E-state index contributed by atoms with van der Waals surface area (Å²) in [5, 5.41) is 12.6. The quantitative estimate of drug-likeness (QED) is 0.661. The monoisotopic (exact) mass is 213 g/mol. The highest BCUT2D eigenvalue weighted by atomic mass is 35.5. The molecule has 2 rings (SSSR count). The van der Waals surface area contributed by atoms with E-state index in [0.717, 1.165) is 12.8 Å². The van der Waals surface area contributed by atoms with Crippen molar-refractivity contribution in [1.82, 2.24) is 4.98 Å². The van der Waals surface area contributed by atoms with Crippen molar-refractivity contribution in [3.63, 3.8) is 0 Å². The van der Waals surface area contributed by atoms with Crippen molar-refractivity contribution in [2.24, 2.45) is 0 Å². The first-order chi connectivity index (χ1) is 6.65.